The highest BCUT2D eigenvalue weighted by molar-refractivity contribution is 5.86. The van der Waals surface area contributed by atoms with Crippen molar-refractivity contribution < 1.29 is 9.47 Å². The Hall–Kier alpha value is -1.52. The summed E-state index contributed by atoms with van der Waals surface area (Å²) in [6.07, 6.45) is 4.67. The van der Waals surface area contributed by atoms with E-state index in [2.05, 4.69) is 47.0 Å². The molecule has 0 radical (unpaired) electrons. The number of hydrogen-bond donors (Lipinski definition) is 0. The number of benzene rings is 1. The predicted molar refractivity (Wildman–Crippen MR) is 85.0 cm³/mol. The Morgan fingerprint density at radius 1 is 1.19 bits per heavy atom. The van der Waals surface area contributed by atoms with E-state index in [0.717, 1.165) is 44.8 Å². The summed E-state index contributed by atoms with van der Waals surface area (Å²) in [5.74, 6) is 1.01. The van der Waals surface area contributed by atoms with E-state index in [1.165, 1.54) is 10.9 Å². The summed E-state index contributed by atoms with van der Waals surface area (Å²) in [4.78, 5) is 2.36. The fourth-order valence-corrected chi connectivity index (χ4v) is 2.96. The van der Waals surface area contributed by atoms with Crippen molar-refractivity contribution in [2.45, 2.75) is 25.5 Å². The molecule has 4 heteroatoms. The highest BCUT2D eigenvalue weighted by Crippen LogP contribution is 2.29. The summed E-state index contributed by atoms with van der Waals surface area (Å²) >= 11 is 0. The van der Waals surface area contributed by atoms with Crippen molar-refractivity contribution in [1.29, 1.82) is 0 Å². The molecule has 0 bridgehead atoms. The lowest BCUT2D eigenvalue weighted by molar-refractivity contribution is 0.116. The van der Waals surface area contributed by atoms with E-state index in [0.29, 0.717) is 6.10 Å². The summed E-state index contributed by atoms with van der Waals surface area (Å²) in [6, 6.07) is 8.46. The molecule has 3 rings (SSSR count). The van der Waals surface area contributed by atoms with Gasteiger partial charge in [-0.3, -0.25) is 0 Å². The molecule has 1 aliphatic rings. The minimum Gasteiger partial charge on any atom is -0.490 e. The Morgan fingerprint density at radius 2 is 2.00 bits per heavy atom. The first-order valence-electron chi connectivity index (χ1n) is 7.70. The van der Waals surface area contributed by atoms with Gasteiger partial charge in [0.25, 0.3) is 0 Å². The van der Waals surface area contributed by atoms with Crippen LogP contribution in [0.5, 0.6) is 5.75 Å². The van der Waals surface area contributed by atoms with E-state index in [1.54, 1.807) is 7.11 Å². The molecule has 0 unspecified atom stereocenters. The van der Waals surface area contributed by atoms with Crippen LogP contribution in [0.2, 0.25) is 0 Å². The predicted octanol–water partition coefficient (Wildman–Crippen LogP) is 2.76. The summed E-state index contributed by atoms with van der Waals surface area (Å²) in [5.41, 5.74) is 1.22. The van der Waals surface area contributed by atoms with Gasteiger partial charge < -0.3 is 18.9 Å². The molecular weight excluding hydrogens is 264 g/mol. The molecule has 1 saturated heterocycles. The summed E-state index contributed by atoms with van der Waals surface area (Å²) in [7, 11) is 3.91. The minimum absolute atomic E-state index is 0.342. The summed E-state index contributed by atoms with van der Waals surface area (Å²) < 4.78 is 13.7. The van der Waals surface area contributed by atoms with E-state index in [1.807, 2.05) is 0 Å². The Bertz CT molecular complexity index is 585. The summed E-state index contributed by atoms with van der Waals surface area (Å²) in [6.45, 7) is 3.84. The van der Waals surface area contributed by atoms with Gasteiger partial charge in [-0.15, -0.1) is 0 Å². The van der Waals surface area contributed by atoms with E-state index in [4.69, 9.17) is 9.47 Å². The van der Waals surface area contributed by atoms with Crippen molar-refractivity contribution in [2.75, 3.05) is 33.9 Å². The molecule has 1 aromatic carbocycles. The van der Waals surface area contributed by atoms with Crippen LogP contribution in [0.25, 0.3) is 10.9 Å². The first kappa shape index (κ1) is 14.4. The van der Waals surface area contributed by atoms with E-state index in [-0.39, 0.29) is 0 Å². The third kappa shape index (κ3) is 3.22. The van der Waals surface area contributed by atoms with Crippen molar-refractivity contribution in [1.82, 2.24) is 9.47 Å². The highest BCUT2D eigenvalue weighted by atomic mass is 16.5. The zero-order chi connectivity index (χ0) is 14.7. The van der Waals surface area contributed by atoms with Crippen molar-refractivity contribution in [3.63, 3.8) is 0 Å². The van der Waals surface area contributed by atoms with Crippen LogP contribution >= 0.6 is 0 Å². The van der Waals surface area contributed by atoms with Crippen molar-refractivity contribution in [3.8, 4) is 5.75 Å². The second-order valence-electron chi connectivity index (χ2n) is 5.81. The number of nitrogens with zero attached hydrogens (tertiary/aromatic N) is 2. The number of likely N-dealkylation sites (tertiary alicyclic amines) is 1. The monoisotopic (exact) mass is 288 g/mol. The third-order valence-electron chi connectivity index (χ3n) is 4.27. The van der Waals surface area contributed by atoms with Crippen LogP contribution in [0, 0.1) is 0 Å². The molecule has 1 aliphatic heterocycles. The molecule has 0 atom stereocenters. The van der Waals surface area contributed by atoms with Crippen LogP contribution in [0.4, 0.5) is 0 Å². The third-order valence-corrected chi connectivity index (χ3v) is 4.27. The highest BCUT2D eigenvalue weighted by Gasteiger charge is 2.19. The number of rotatable bonds is 5. The number of piperidine rings is 1. The molecule has 2 aromatic rings. The molecule has 0 spiro atoms. The Kier molecular flexibility index (Phi) is 4.46. The lowest BCUT2D eigenvalue weighted by atomic mass is 10.1. The molecule has 0 aliphatic carbocycles. The average Bonchev–Trinajstić information content (AvgIpc) is 2.92. The van der Waals surface area contributed by atoms with Gasteiger partial charge in [0.1, 0.15) is 11.9 Å². The number of ether oxygens (including phenoxy) is 2. The molecule has 114 valence electrons. The van der Waals surface area contributed by atoms with Gasteiger partial charge >= 0.3 is 0 Å². The van der Waals surface area contributed by atoms with Gasteiger partial charge in [-0.25, -0.2) is 0 Å². The number of hydrogen-bond acceptors (Lipinski definition) is 3. The van der Waals surface area contributed by atoms with E-state index in [9.17, 15) is 0 Å². The first-order valence-corrected chi connectivity index (χ1v) is 7.70. The molecule has 0 amide bonds. The quantitative estimate of drug-likeness (QED) is 0.846. The van der Waals surface area contributed by atoms with Gasteiger partial charge in [0.05, 0.1) is 12.1 Å². The normalized spacial score (nSPS) is 17.4. The standard InChI is InChI=1S/C17H24N2O2/c1-18-9-6-14(7-10-18)21-17-5-3-4-16-15(17)8-11-19(16)12-13-20-2/h3-5,8,11,14H,6-7,9-10,12-13H2,1-2H3. The van der Waals surface area contributed by atoms with E-state index < -0.39 is 0 Å². The maximum Gasteiger partial charge on any atom is 0.129 e. The van der Waals surface area contributed by atoms with Gasteiger partial charge in [-0.2, -0.15) is 0 Å². The number of fused-ring (bicyclic) bond motifs is 1. The summed E-state index contributed by atoms with van der Waals surface area (Å²) in [5, 5.41) is 1.20. The molecule has 2 heterocycles. The maximum absolute atomic E-state index is 6.26. The molecule has 0 N–H and O–H groups in total. The molecule has 4 nitrogen and oxygen atoms in total. The number of methoxy groups -OCH3 is 1. The van der Waals surface area contributed by atoms with Gasteiger partial charge in [-0.1, -0.05) is 6.07 Å². The second-order valence-corrected chi connectivity index (χ2v) is 5.81. The number of aromatic nitrogens is 1. The van der Waals surface area contributed by atoms with Crippen molar-refractivity contribution in [2.24, 2.45) is 0 Å². The van der Waals surface area contributed by atoms with Crippen LogP contribution in [0.1, 0.15) is 12.8 Å². The van der Waals surface area contributed by atoms with Crippen LogP contribution in [0.15, 0.2) is 30.5 Å². The van der Waals surface area contributed by atoms with Crippen LogP contribution in [-0.4, -0.2) is 49.4 Å². The van der Waals surface area contributed by atoms with Gasteiger partial charge in [0.15, 0.2) is 0 Å². The van der Waals surface area contributed by atoms with Crippen LogP contribution in [-0.2, 0) is 11.3 Å². The van der Waals surface area contributed by atoms with Gasteiger partial charge in [-0.05, 0) is 38.1 Å². The molecule has 1 fully saturated rings. The fourth-order valence-electron chi connectivity index (χ4n) is 2.96. The first-order chi connectivity index (χ1) is 10.3. The van der Waals surface area contributed by atoms with E-state index >= 15 is 0 Å². The lowest BCUT2D eigenvalue weighted by Crippen LogP contribution is -2.35. The molecule has 0 saturated carbocycles. The van der Waals surface area contributed by atoms with Crippen molar-refractivity contribution in [3.05, 3.63) is 30.5 Å². The maximum atomic E-state index is 6.26. The second kappa shape index (κ2) is 6.50. The largest absolute Gasteiger partial charge is 0.490 e. The van der Waals surface area contributed by atoms with Gasteiger partial charge in [0.2, 0.25) is 0 Å². The Morgan fingerprint density at radius 3 is 2.76 bits per heavy atom. The average molecular weight is 288 g/mol. The van der Waals surface area contributed by atoms with Crippen LogP contribution < -0.4 is 4.74 Å². The minimum atomic E-state index is 0.342. The fraction of sp³-hybridized carbons (Fsp3) is 0.529. The lowest BCUT2D eigenvalue weighted by Gasteiger charge is -2.29. The Balaban J connectivity index is 1.77. The van der Waals surface area contributed by atoms with Crippen LogP contribution in [0.3, 0.4) is 0 Å². The molecular formula is C17H24N2O2. The smallest absolute Gasteiger partial charge is 0.129 e. The zero-order valence-electron chi connectivity index (χ0n) is 12.9. The molecule has 21 heavy (non-hydrogen) atoms. The zero-order valence-corrected chi connectivity index (χ0v) is 12.9. The SMILES string of the molecule is COCCn1ccc2c(OC3CCN(C)CC3)cccc21. The Labute approximate surface area is 126 Å². The van der Waals surface area contributed by atoms with Gasteiger partial charge in [0, 0.05) is 38.3 Å². The van der Waals surface area contributed by atoms with Crippen molar-refractivity contribution >= 4 is 10.9 Å². The topological polar surface area (TPSA) is 26.6 Å². The molecule has 1 aromatic heterocycles.